The summed E-state index contributed by atoms with van der Waals surface area (Å²) in [6.45, 7) is 3.33. The molecular weight excluding hydrogens is 511 g/mol. The van der Waals surface area contributed by atoms with Crippen LogP contribution in [0.4, 0.5) is 13.2 Å². The number of methoxy groups -OCH3 is 2. The molecule has 39 heavy (non-hydrogen) atoms. The molecule has 2 aromatic carbocycles. The standard InChI is InChI=1S/C29H24F3N3O4/c1-15-33-26-21(34(15)8-10-37-2)14-23(38-3)24-18-5-4-7-35-22(13-16(27(18)35)6-9-39-29(24)26)28(36)17-11-19(30)25(32)20(31)12-17/h4-5,7,11-14H,6,8-10H2,1-3H3. The first-order valence-electron chi connectivity index (χ1n) is 12.4. The minimum atomic E-state index is -1.62. The molecule has 0 spiro atoms. The average molecular weight is 536 g/mol. The highest BCUT2D eigenvalue weighted by atomic mass is 19.2. The first-order valence-corrected chi connectivity index (χ1v) is 12.4. The van der Waals surface area contributed by atoms with Crippen LogP contribution < -0.4 is 9.47 Å². The Morgan fingerprint density at radius 3 is 2.62 bits per heavy atom. The van der Waals surface area contributed by atoms with Crippen LogP contribution in [0.3, 0.4) is 0 Å². The van der Waals surface area contributed by atoms with Gasteiger partial charge in [0.2, 0.25) is 5.78 Å². The Bertz CT molecular complexity index is 1770. The molecule has 0 unspecified atom stereocenters. The number of ketones is 1. The van der Waals surface area contributed by atoms with E-state index in [2.05, 4.69) is 0 Å². The lowest BCUT2D eigenvalue weighted by molar-refractivity contribution is 0.103. The minimum Gasteiger partial charge on any atom is -0.496 e. The molecule has 0 aliphatic carbocycles. The molecule has 200 valence electrons. The summed E-state index contributed by atoms with van der Waals surface area (Å²) in [4.78, 5) is 18.2. The smallest absolute Gasteiger partial charge is 0.209 e. The number of halogens is 3. The number of pyridine rings is 1. The number of fused-ring (bicyclic) bond motifs is 4. The lowest BCUT2D eigenvalue weighted by atomic mass is 9.98. The van der Waals surface area contributed by atoms with Gasteiger partial charge in [-0.05, 0) is 36.8 Å². The first kappa shape index (κ1) is 25.0. The summed E-state index contributed by atoms with van der Waals surface area (Å²) in [7, 11) is 3.22. The third-order valence-corrected chi connectivity index (χ3v) is 7.13. The van der Waals surface area contributed by atoms with Crippen LogP contribution in [-0.2, 0) is 17.7 Å². The molecule has 10 heteroatoms. The fraction of sp³-hybridized carbons (Fsp3) is 0.241. The van der Waals surface area contributed by atoms with Crippen molar-refractivity contribution in [3.63, 3.8) is 0 Å². The second-order valence-corrected chi connectivity index (χ2v) is 9.33. The van der Waals surface area contributed by atoms with Crippen molar-refractivity contribution in [1.29, 1.82) is 0 Å². The second-order valence-electron chi connectivity index (χ2n) is 9.33. The third-order valence-electron chi connectivity index (χ3n) is 7.13. The number of ether oxygens (including phenoxy) is 3. The molecule has 4 heterocycles. The van der Waals surface area contributed by atoms with Crippen molar-refractivity contribution in [1.82, 2.24) is 14.0 Å². The van der Waals surface area contributed by atoms with Gasteiger partial charge in [0.15, 0.2) is 23.2 Å². The van der Waals surface area contributed by atoms with Crippen LogP contribution in [0, 0.1) is 24.4 Å². The van der Waals surface area contributed by atoms with Gasteiger partial charge in [0.1, 0.15) is 17.1 Å². The Morgan fingerprint density at radius 2 is 1.90 bits per heavy atom. The van der Waals surface area contributed by atoms with Crippen LogP contribution >= 0.6 is 0 Å². The summed E-state index contributed by atoms with van der Waals surface area (Å²) in [5.74, 6) is -3.16. The van der Waals surface area contributed by atoms with Gasteiger partial charge < -0.3 is 23.2 Å². The Kier molecular flexibility index (Phi) is 6.06. The number of hydrogen-bond acceptors (Lipinski definition) is 5. The van der Waals surface area contributed by atoms with E-state index >= 15 is 0 Å². The van der Waals surface area contributed by atoms with E-state index in [1.54, 1.807) is 36.9 Å². The number of benzene rings is 2. The molecule has 0 atom stereocenters. The van der Waals surface area contributed by atoms with Crippen LogP contribution in [0.5, 0.6) is 11.5 Å². The van der Waals surface area contributed by atoms with Gasteiger partial charge in [-0.2, -0.15) is 0 Å². The molecule has 1 aliphatic heterocycles. The van der Waals surface area contributed by atoms with E-state index in [0.29, 0.717) is 60.9 Å². The van der Waals surface area contributed by atoms with Crippen molar-refractivity contribution in [3.8, 4) is 22.6 Å². The van der Waals surface area contributed by atoms with E-state index in [1.807, 2.05) is 23.6 Å². The number of nitrogens with zero attached hydrogens (tertiary/aromatic N) is 3. The molecule has 0 N–H and O–H groups in total. The predicted octanol–water partition coefficient (Wildman–Crippen LogP) is 5.50. The molecule has 0 amide bonds. The monoisotopic (exact) mass is 535 g/mol. The highest BCUT2D eigenvalue weighted by Gasteiger charge is 2.28. The van der Waals surface area contributed by atoms with E-state index in [-0.39, 0.29) is 11.3 Å². The molecule has 0 fully saturated rings. The average Bonchev–Trinajstić information content (AvgIpc) is 3.45. The lowest BCUT2D eigenvalue weighted by Gasteiger charge is -2.20. The number of hydrogen-bond donors (Lipinski definition) is 0. The summed E-state index contributed by atoms with van der Waals surface area (Å²) in [6.07, 6.45) is 2.17. The molecule has 0 radical (unpaired) electrons. The van der Waals surface area contributed by atoms with E-state index < -0.39 is 23.2 Å². The fourth-order valence-corrected chi connectivity index (χ4v) is 5.35. The number of aryl methyl sites for hydroxylation is 1. The van der Waals surface area contributed by atoms with Crippen molar-refractivity contribution in [2.45, 2.75) is 19.9 Å². The van der Waals surface area contributed by atoms with Crippen LogP contribution in [0.15, 0.2) is 42.6 Å². The summed E-state index contributed by atoms with van der Waals surface area (Å²) in [6, 6.07) is 8.69. The molecule has 7 nitrogen and oxygen atoms in total. The lowest BCUT2D eigenvalue weighted by Crippen LogP contribution is -2.09. The van der Waals surface area contributed by atoms with E-state index in [4.69, 9.17) is 19.2 Å². The molecule has 0 saturated carbocycles. The maximum Gasteiger partial charge on any atom is 0.209 e. The topological polar surface area (TPSA) is 67.0 Å². The van der Waals surface area contributed by atoms with Gasteiger partial charge in [-0.15, -0.1) is 0 Å². The van der Waals surface area contributed by atoms with Crippen molar-refractivity contribution in [2.24, 2.45) is 0 Å². The van der Waals surface area contributed by atoms with Gasteiger partial charge in [-0.1, -0.05) is 6.07 Å². The highest BCUT2D eigenvalue weighted by Crippen LogP contribution is 2.47. The zero-order valence-electron chi connectivity index (χ0n) is 21.5. The van der Waals surface area contributed by atoms with Crippen LogP contribution in [-0.4, -0.2) is 47.2 Å². The van der Waals surface area contributed by atoms with E-state index in [9.17, 15) is 18.0 Å². The largest absolute Gasteiger partial charge is 0.496 e. The van der Waals surface area contributed by atoms with Gasteiger partial charge in [-0.3, -0.25) is 4.79 Å². The van der Waals surface area contributed by atoms with Crippen molar-refractivity contribution in [3.05, 3.63) is 82.7 Å². The van der Waals surface area contributed by atoms with Crippen LogP contribution in [0.2, 0.25) is 0 Å². The van der Waals surface area contributed by atoms with Gasteiger partial charge in [0.25, 0.3) is 0 Å². The Balaban J connectivity index is 1.59. The Labute approximate surface area is 221 Å². The first-order chi connectivity index (χ1) is 18.8. The minimum absolute atomic E-state index is 0.190. The number of carbonyl (C=O) groups excluding carboxylic acids is 1. The van der Waals surface area contributed by atoms with Gasteiger partial charge in [0, 0.05) is 43.5 Å². The van der Waals surface area contributed by atoms with Crippen molar-refractivity contribution in [2.75, 3.05) is 27.4 Å². The highest BCUT2D eigenvalue weighted by molar-refractivity contribution is 6.10. The molecular formula is C29H24F3N3O4. The zero-order chi connectivity index (χ0) is 27.4. The molecule has 1 aliphatic rings. The van der Waals surface area contributed by atoms with Crippen LogP contribution in [0.25, 0.3) is 27.7 Å². The second kappa shape index (κ2) is 9.46. The number of aromatic nitrogens is 3. The van der Waals surface area contributed by atoms with Gasteiger partial charge >= 0.3 is 0 Å². The maximum absolute atomic E-state index is 13.9. The molecule has 5 aromatic rings. The summed E-state index contributed by atoms with van der Waals surface area (Å²) < 4.78 is 62.6. The normalized spacial score (nSPS) is 12.8. The molecule has 3 aromatic heterocycles. The summed E-state index contributed by atoms with van der Waals surface area (Å²) in [5, 5.41) is 0. The van der Waals surface area contributed by atoms with Crippen molar-refractivity contribution < 1.29 is 32.2 Å². The quantitative estimate of drug-likeness (QED) is 0.212. The zero-order valence-corrected chi connectivity index (χ0v) is 21.5. The molecule has 0 saturated heterocycles. The SMILES string of the molecule is COCCn1c(C)nc2c3c(c(OC)cc21)-c1cccn2c(C(=O)c4cc(F)c(F)c(F)c4)cc(c12)CCO3. The summed E-state index contributed by atoms with van der Waals surface area (Å²) >= 11 is 0. The van der Waals surface area contributed by atoms with Gasteiger partial charge in [-0.25, -0.2) is 18.2 Å². The predicted molar refractivity (Wildman–Crippen MR) is 138 cm³/mol. The Morgan fingerprint density at radius 1 is 1.13 bits per heavy atom. The Hall–Kier alpha value is -4.31. The fourth-order valence-electron chi connectivity index (χ4n) is 5.35. The third kappa shape index (κ3) is 3.85. The molecule has 0 bridgehead atoms. The van der Waals surface area contributed by atoms with Crippen LogP contribution in [0.1, 0.15) is 27.4 Å². The summed E-state index contributed by atoms with van der Waals surface area (Å²) in [5.41, 5.74) is 4.42. The number of rotatable bonds is 6. The van der Waals surface area contributed by atoms with Crippen molar-refractivity contribution >= 4 is 22.3 Å². The van der Waals surface area contributed by atoms with E-state index in [1.165, 1.54) is 0 Å². The maximum atomic E-state index is 13.9. The number of imidazole rings is 1. The number of carbonyl (C=O) groups is 1. The molecule has 6 rings (SSSR count). The van der Waals surface area contributed by atoms with E-state index in [0.717, 1.165) is 28.0 Å². The van der Waals surface area contributed by atoms with Gasteiger partial charge in [0.05, 0.1) is 42.6 Å².